The minimum Gasteiger partial charge on any atom is -0.328 e. The molecule has 4 N–H and O–H groups in total. The van der Waals surface area contributed by atoms with Gasteiger partial charge in [-0.3, -0.25) is 4.90 Å². The maximum Gasteiger partial charge on any atom is 0.460 e. The largest absolute Gasteiger partial charge is 0.460 e. The Morgan fingerprint density at radius 2 is 1.16 bits per heavy atom. The molecule has 0 aromatic carbocycles. The molecule has 0 aromatic rings. The van der Waals surface area contributed by atoms with Crippen molar-refractivity contribution in [3.05, 3.63) is 12.7 Å². The van der Waals surface area contributed by atoms with Crippen molar-refractivity contribution in [2.24, 2.45) is 17.4 Å². The Kier molecular flexibility index (Phi) is 8.94. The molecule has 0 amide bonds. The monoisotopic (exact) mass is 569 g/mol. The van der Waals surface area contributed by atoms with Crippen molar-refractivity contribution in [2.45, 2.75) is 105 Å². The van der Waals surface area contributed by atoms with Crippen molar-refractivity contribution in [1.82, 2.24) is 4.90 Å². The van der Waals surface area contributed by atoms with Gasteiger partial charge in [0.2, 0.25) is 0 Å². The molecule has 218 valence electrons. The zero-order valence-electron chi connectivity index (χ0n) is 19.3. The van der Waals surface area contributed by atoms with Gasteiger partial charge in [0.25, 0.3) is 0 Å². The fourth-order valence-corrected chi connectivity index (χ4v) is 5.15. The van der Waals surface area contributed by atoms with E-state index in [-0.39, 0.29) is 31.5 Å². The molecule has 2 fully saturated rings. The number of nitrogens with zero attached hydrogens (tertiary/aromatic N) is 1. The Labute approximate surface area is 204 Å². The zero-order valence-corrected chi connectivity index (χ0v) is 19.3. The summed E-state index contributed by atoms with van der Waals surface area (Å²) in [5.74, 6) is -39.3. The standard InChI is InChI=1S/C21H28F13N3/c1-2-9-37(15-8-5-12(35)10-14(15)36)13-6-3-11(4-7-13)16(22,23)17(24,25)18(26,27)19(28,29)20(30,31)21(32,33)34/h2,11-15H,1,3-10,35-36H2. The van der Waals surface area contributed by atoms with Gasteiger partial charge in [-0.15, -0.1) is 6.58 Å². The maximum atomic E-state index is 14.6. The first kappa shape index (κ1) is 31.9. The molecule has 0 radical (unpaired) electrons. The average Bonchev–Trinajstić information content (AvgIpc) is 2.76. The Balaban J connectivity index is 2.25. The lowest BCUT2D eigenvalue weighted by Crippen LogP contribution is -2.71. The second kappa shape index (κ2) is 10.4. The summed E-state index contributed by atoms with van der Waals surface area (Å²) in [7, 11) is 0. The van der Waals surface area contributed by atoms with Crippen LogP contribution in [0.25, 0.3) is 0 Å². The summed E-state index contributed by atoms with van der Waals surface area (Å²) >= 11 is 0. The van der Waals surface area contributed by atoms with Gasteiger partial charge in [-0.1, -0.05) is 6.08 Å². The van der Waals surface area contributed by atoms with Gasteiger partial charge in [0, 0.05) is 36.6 Å². The molecule has 0 aliphatic heterocycles. The highest BCUT2D eigenvalue weighted by molar-refractivity contribution is 5.12. The van der Waals surface area contributed by atoms with Crippen molar-refractivity contribution in [3.63, 3.8) is 0 Å². The van der Waals surface area contributed by atoms with E-state index in [1.165, 1.54) is 6.08 Å². The number of alkyl halides is 13. The van der Waals surface area contributed by atoms with Gasteiger partial charge in [0.1, 0.15) is 0 Å². The third-order valence-electron chi connectivity index (χ3n) is 7.30. The molecule has 37 heavy (non-hydrogen) atoms. The van der Waals surface area contributed by atoms with Crippen LogP contribution in [0.15, 0.2) is 12.7 Å². The minimum atomic E-state index is -7.87. The number of halogens is 13. The number of hydrogen-bond donors (Lipinski definition) is 2. The van der Waals surface area contributed by atoms with Crippen molar-refractivity contribution in [3.8, 4) is 0 Å². The summed E-state index contributed by atoms with van der Waals surface area (Å²) in [4.78, 5) is 1.78. The van der Waals surface area contributed by atoms with Crippen LogP contribution in [0.4, 0.5) is 57.1 Å². The molecule has 2 aliphatic rings. The average molecular weight is 569 g/mol. The highest BCUT2D eigenvalue weighted by atomic mass is 19.4. The van der Waals surface area contributed by atoms with Crippen molar-refractivity contribution in [2.75, 3.05) is 6.54 Å². The first-order chi connectivity index (χ1) is 16.6. The van der Waals surface area contributed by atoms with Gasteiger partial charge in [-0.2, -0.15) is 57.1 Å². The summed E-state index contributed by atoms with van der Waals surface area (Å²) in [6, 6.07) is -1.46. The van der Waals surface area contributed by atoms with Crippen LogP contribution in [0.3, 0.4) is 0 Å². The highest BCUT2D eigenvalue weighted by Crippen LogP contribution is 2.62. The smallest absolute Gasteiger partial charge is 0.328 e. The van der Waals surface area contributed by atoms with Crippen LogP contribution < -0.4 is 11.5 Å². The van der Waals surface area contributed by atoms with Crippen LogP contribution in [-0.2, 0) is 0 Å². The molecule has 0 heterocycles. The molecule has 2 saturated carbocycles. The molecule has 3 atom stereocenters. The van der Waals surface area contributed by atoms with Crippen molar-refractivity contribution in [1.29, 1.82) is 0 Å². The van der Waals surface area contributed by atoms with Crippen LogP contribution in [-0.4, -0.2) is 71.4 Å². The van der Waals surface area contributed by atoms with Gasteiger partial charge in [0.05, 0.1) is 0 Å². The highest BCUT2D eigenvalue weighted by Gasteiger charge is 2.91. The second-order valence-electron chi connectivity index (χ2n) is 9.71. The first-order valence-electron chi connectivity index (χ1n) is 11.4. The summed E-state index contributed by atoms with van der Waals surface area (Å²) in [6.45, 7) is 3.78. The van der Waals surface area contributed by atoms with E-state index in [1.807, 2.05) is 0 Å². The van der Waals surface area contributed by atoms with Crippen LogP contribution in [0, 0.1) is 5.92 Å². The lowest BCUT2D eigenvalue weighted by atomic mass is 9.76. The molecule has 2 aliphatic carbocycles. The van der Waals surface area contributed by atoms with E-state index in [4.69, 9.17) is 11.5 Å². The third kappa shape index (κ3) is 5.30. The van der Waals surface area contributed by atoms with Crippen LogP contribution >= 0.6 is 0 Å². The van der Waals surface area contributed by atoms with Gasteiger partial charge < -0.3 is 11.5 Å². The third-order valence-corrected chi connectivity index (χ3v) is 7.30. The molecule has 0 spiro atoms. The van der Waals surface area contributed by atoms with E-state index in [0.717, 1.165) is 0 Å². The van der Waals surface area contributed by atoms with Gasteiger partial charge in [-0.25, -0.2) is 0 Å². The minimum absolute atomic E-state index is 0.169. The Bertz CT molecular complexity index is 791. The Hall–Kier alpha value is -1.29. The molecular formula is C21H28F13N3. The van der Waals surface area contributed by atoms with E-state index in [2.05, 4.69) is 6.58 Å². The predicted molar refractivity (Wildman–Crippen MR) is 107 cm³/mol. The summed E-state index contributed by atoms with van der Waals surface area (Å²) < 4.78 is 175. The molecule has 0 bridgehead atoms. The fraction of sp³-hybridized carbons (Fsp3) is 0.905. The molecule has 16 heteroatoms. The molecule has 0 saturated heterocycles. The number of rotatable bonds is 9. The molecule has 3 unspecified atom stereocenters. The molecule has 3 nitrogen and oxygen atoms in total. The van der Waals surface area contributed by atoms with Crippen LogP contribution in [0.1, 0.15) is 44.9 Å². The zero-order chi connectivity index (χ0) is 28.8. The molecular weight excluding hydrogens is 541 g/mol. The Morgan fingerprint density at radius 3 is 1.59 bits per heavy atom. The first-order valence-corrected chi connectivity index (χ1v) is 11.4. The van der Waals surface area contributed by atoms with E-state index < -0.39 is 66.6 Å². The maximum absolute atomic E-state index is 14.6. The summed E-state index contributed by atoms with van der Waals surface area (Å²) in [6.07, 6.45) is -6.86. The van der Waals surface area contributed by atoms with E-state index in [9.17, 15) is 57.1 Å². The Morgan fingerprint density at radius 1 is 0.676 bits per heavy atom. The quantitative estimate of drug-likeness (QED) is 0.266. The topological polar surface area (TPSA) is 55.3 Å². The van der Waals surface area contributed by atoms with Crippen molar-refractivity contribution < 1.29 is 57.1 Å². The SMILES string of the molecule is C=CCN(C1CCC(C(F)(F)C(F)(F)C(F)(F)C(F)(F)C(F)(F)C(F)(F)F)CC1)C1CCC(N)CC1N. The number of hydrogen-bond acceptors (Lipinski definition) is 3. The van der Waals surface area contributed by atoms with Crippen LogP contribution in [0.5, 0.6) is 0 Å². The summed E-state index contributed by atoms with van der Waals surface area (Å²) in [5.41, 5.74) is 12.0. The summed E-state index contributed by atoms with van der Waals surface area (Å²) in [5, 5.41) is 0. The van der Waals surface area contributed by atoms with Gasteiger partial charge >= 0.3 is 35.8 Å². The lowest BCUT2D eigenvalue weighted by Gasteiger charge is -2.47. The van der Waals surface area contributed by atoms with Gasteiger partial charge in [-0.05, 0) is 44.9 Å². The predicted octanol–water partition coefficient (Wildman–Crippen LogP) is 5.98. The van der Waals surface area contributed by atoms with E-state index in [1.54, 1.807) is 4.90 Å². The van der Waals surface area contributed by atoms with Crippen LogP contribution in [0.2, 0.25) is 0 Å². The molecule has 2 rings (SSSR count). The molecule has 0 aromatic heterocycles. The van der Waals surface area contributed by atoms with E-state index >= 15 is 0 Å². The fourth-order valence-electron chi connectivity index (χ4n) is 5.15. The van der Waals surface area contributed by atoms with Crippen molar-refractivity contribution >= 4 is 0 Å². The normalized spacial score (nSPS) is 29.5. The van der Waals surface area contributed by atoms with E-state index in [0.29, 0.717) is 19.3 Å². The second-order valence-corrected chi connectivity index (χ2v) is 9.71. The lowest BCUT2D eigenvalue weighted by molar-refractivity contribution is -0.443. The number of nitrogens with two attached hydrogens (primary N) is 2. The van der Waals surface area contributed by atoms with Gasteiger partial charge in [0.15, 0.2) is 0 Å².